The maximum Gasteiger partial charge on any atom is 0.0537 e. The maximum absolute atomic E-state index is 6.07. The topological polar surface area (TPSA) is 55.9 Å². The highest BCUT2D eigenvalue weighted by atomic mass is 32.1. The number of nitrogens with one attached hydrogen (secondary N) is 1. The molecule has 0 bridgehead atoms. The molecule has 5 heteroatoms. The first kappa shape index (κ1) is 12.3. The van der Waals surface area contributed by atoms with Crippen molar-refractivity contribution >= 4 is 11.3 Å². The molecule has 0 fully saturated rings. The van der Waals surface area contributed by atoms with Crippen molar-refractivity contribution in [3.63, 3.8) is 0 Å². The first-order valence-electron chi connectivity index (χ1n) is 5.64. The molecular weight excluding hydrogens is 232 g/mol. The molecule has 0 saturated carbocycles. The first-order valence-corrected chi connectivity index (χ1v) is 6.52. The Balaban J connectivity index is 1.81. The van der Waals surface area contributed by atoms with E-state index in [1.165, 1.54) is 10.4 Å². The molecule has 2 aromatic heterocycles. The minimum Gasteiger partial charge on any atom is -0.323 e. The number of hydrogen-bond acceptors (Lipinski definition) is 4. The Hall–Kier alpha value is -1.17. The van der Waals surface area contributed by atoms with Gasteiger partial charge in [-0.3, -0.25) is 4.68 Å². The normalized spacial score (nSPS) is 12.9. The predicted octanol–water partition coefficient (Wildman–Crippen LogP) is 1.58. The molecule has 0 saturated heterocycles. The predicted molar refractivity (Wildman–Crippen MR) is 70.9 cm³/mol. The molecule has 92 valence electrons. The number of nitrogens with zero attached hydrogens (tertiary/aromatic N) is 2. The molecule has 0 radical (unpaired) electrons. The van der Waals surface area contributed by atoms with E-state index >= 15 is 0 Å². The Kier molecular flexibility index (Phi) is 3.93. The molecule has 0 aliphatic heterocycles. The van der Waals surface area contributed by atoms with E-state index in [2.05, 4.69) is 28.8 Å². The van der Waals surface area contributed by atoms with Crippen LogP contribution in [0.3, 0.4) is 0 Å². The Morgan fingerprint density at radius 1 is 1.59 bits per heavy atom. The van der Waals surface area contributed by atoms with E-state index in [1.54, 1.807) is 16.0 Å². The Morgan fingerprint density at radius 3 is 3.00 bits per heavy atom. The van der Waals surface area contributed by atoms with Crippen molar-refractivity contribution in [3.05, 3.63) is 39.8 Å². The van der Waals surface area contributed by atoms with Gasteiger partial charge in [0.05, 0.1) is 6.20 Å². The summed E-state index contributed by atoms with van der Waals surface area (Å²) in [4.78, 5) is 1.38. The van der Waals surface area contributed by atoms with Crippen molar-refractivity contribution in [1.82, 2.24) is 15.1 Å². The van der Waals surface area contributed by atoms with Crippen LogP contribution in [0.4, 0.5) is 0 Å². The summed E-state index contributed by atoms with van der Waals surface area (Å²) in [6.45, 7) is 3.79. The molecule has 2 rings (SSSR count). The number of thiophene rings is 1. The molecule has 0 aliphatic carbocycles. The first-order chi connectivity index (χ1) is 8.16. The third-order valence-corrected chi connectivity index (χ3v) is 3.79. The summed E-state index contributed by atoms with van der Waals surface area (Å²) >= 11 is 1.78. The minimum atomic E-state index is 0.00367. The van der Waals surface area contributed by atoms with Crippen molar-refractivity contribution in [1.29, 1.82) is 0 Å². The second-order valence-corrected chi connectivity index (χ2v) is 5.21. The highest BCUT2D eigenvalue weighted by Crippen LogP contribution is 2.15. The van der Waals surface area contributed by atoms with Gasteiger partial charge in [0.15, 0.2) is 0 Å². The fourth-order valence-corrected chi connectivity index (χ4v) is 2.55. The van der Waals surface area contributed by atoms with Gasteiger partial charge in [-0.1, -0.05) is 0 Å². The van der Waals surface area contributed by atoms with E-state index in [9.17, 15) is 0 Å². The summed E-state index contributed by atoms with van der Waals surface area (Å²) in [7, 11) is 1.90. The van der Waals surface area contributed by atoms with Crippen molar-refractivity contribution in [2.45, 2.75) is 19.5 Å². The van der Waals surface area contributed by atoms with Gasteiger partial charge in [0.2, 0.25) is 0 Å². The van der Waals surface area contributed by atoms with Gasteiger partial charge in [0, 0.05) is 42.8 Å². The summed E-state index contributed by atoms with van der Waals surface area (Å²) in [5.41, 5.74) is 8.49. The van der Waals surface area contributed by atoms with Crippen LogP contribution < -0.4 is 11.1 Å². The van der Waals surface area contributed by atoms with Crippen LogP contribution in [-0.4, -0.2) is 16.3 Å². The lowest BCUT2D eigenvalue weighted by Gasteiger charge is -2.10. The Labute approximate surface area is 105 Å². The quantitative estimate of drug-likeness (QED) is 0.847. The van der Waals surface area contributed by atoms with Gasteiger partial charge in [0.1, 0.15) is 0 Å². The molecule has 1 atom stereocenters. The van der Waals surface area contributed by atoms with Gasteiger partial charge in [-0.2, -0.15) is 5.10 Å². The van der Waals surface area contributed by atoms with E-state index in [-0.39, 0.29) is 6.04 Å². The maximum atomic E-state index is 6.07. The summed E-state index contributed by atoms with van der Waals surface area (Å²) < 4.78 is 1.78. The number of aryl methyl sites for hydroxylation is 2. The molecule has 2 aromatic rings. The monoisotopic (exact) mass is 250 g/mol. The average Bonchev–Trinajstić information content (AvgIpc) is 2.88. The van der Waals surface area contributed by atoms with E-state index < -0.39 is 0 Å². The number of hydrogen-bond donors (Lipinski definition) is 2. The Morgan fingerprint density at radius 2 is 2.41 bits per heavy atom. The molecule has 0 amide bonds. The molecule has 2 heterocycles. The Bertz CT molecular complexity index is 474. The summed E-state index contributed by atoms with van der Waals surface area (Å²) in [5, 5.41) is 9.62. The van der Waals surface area contributed by atoms with E-state index in [4.69, 9.17) is 5.73 Å². The fourth-order valence-electron chi connectivity index (χ4n) is 1.68. The van der Waals surface area contributed by atoms with E-state index in [0.29, 0.717) is 0 Å². The van der Waals surface area contributed by atoms with Gasteiger partial charge in [-0.15, -0.1) is 11.3 Å². The van der Waals surface area contributed by atoms with Gasteiger partial charge in [-0.05, 0) is 23.9 Å². The van der Waals surface area contributed by atoms with Crippen LogP contribution in [0.25, 0.3) is 0 Å². The fraction of sp³-hybridized carbons (Fsp3) is 0.417. The second-order valence-electron chi connectivity index (χ2n) is 4.21. The van der Waals surface area contributed by atoms with Crippen LogP contribution in [0, 0.1) is 6.92 Å². The van der Waals surface area contributed by atoms with Gasteiger partial charge < -0.3 is 11.1 Å². The SMILES string of the molecule is Cc1ccsc1CNCC(N)c1cnn(C)c1. The molecule has 17 heavy (non-hydrogen) atoms. The second kappa shape index (κ2) is 5.44. The highest BCUT2D eigenvalue weighted by Gasteiger charge is 2.07. The van der Waals surface area contributed by atoms with Crippen LogP contribution in [-0.2, 0) is 13.6 Å². The van der Waals surface area contributed by atoms with Gasteiger partial charge >= 0.3 is 0 Å². The number of nitrogens with two attached hydrogens (primary N) is 1. The van der Waals surface area contributed by atoms with Crippen LogP contribution in [0.1, 0.15) is 22.0 Å². The van der Waals surface area contributed by atoms with Gasteiger partial charge in [-0.25, -0.2) is 0 Å². The lowest BCUT2D eigenvalue weighted by Crippen LogP contribution is -2.26. The minimum absolute atomic E-state index is 0.00367. The summed E-state index contributed by atoms with van der Waals surface area (Å²) in [5.74, 6) is 0. The lowest BCUT2D eigenvalue weighted by molar-refractivity contribution is 0.600. The largest absolute Gasteiger partial charge is 0.323 e. The van der Waals surface area contributed by atoms with Crippen LogP contribution in [0.15, 0.2) is 23.8 Å². The molecule has 0 aliphatic rings. The van der Waals surface area contributed by atoms with Crippen molar-refractivity contribution in [2.75, 3.05) is 6.54 Å². The molecule has 0 aromatic carbocycles. The van der Waals surface area contributed by atoms with Crippen LogP contribution in [0.2, 0.25) is 0 Å². The number of rotatable bonds is 5. The van der Waals surface area contributed by atoms with Crippen LogP contribution >= 0.6 is 11.3 Å². The zero-order valence-corrected chi connectivity index (χ0v) is 11.0. The third kappa shape index (κ3) is 3.15. The lowest BCUT2D eigenvalue weighted by atomic mass is 10.2. The summed E-state index contributed by atoms with van der Waals surface area (Å²) in [6, 6.07) is 2.15. The van der Waals surface area contributed by atoms with Crippen molar-refractivity contribution in [2.24, 2.45) is 12.8 Å². The molecule has 1 unspecified atom stereocenters. The zero-order chi connectivity index (χ0) is 12.3. The third-order valence-electron chi connectivity index (χ3n) is 2.77. The average molecular weight is 250 g/mol. The van der Waals surface area contributed by atoms with Crippen LogP contribution in [0.5, 0.6) is 0 Å². The van der Waals surface area contributed by atoms with Crippen molar-refractivity contribution < 1.29 is 0 Å². The standard InChI is InChI=1S/C12H18N4S/c1-9-3-4-17-12(9)7-14-6-11(13)10-5-15-16(2)8-10/h3-5,8,11,14H,6-7,13H2,1-2H3. The van der Waals surface area contributed by atoms with E-state index in [0.717, 1.165) is 18.7 Å². The highest BCUT2D eigenvalue weighted by molar-refractivity contribution is 7.10. The summed E-state index contributed by atoms with van der Waals surface area (Å²) in [6.07, 6.45) is 3.78. The molecule has 0 spiro atoms. The van der Waals surface area contributed by atoms with Gasteiger partial charge in [0.25, 0.3) is 0 Å². The molecule has 4 nitrogen and oxygen atoms in total. The molecule has 3 N–H and O–H groups in total. The number of aromatic nitrogens is 2. The molecular formula is C12H18N4S. The van der Waals surface area contributed by atoms with Crippen molar-refractivity contribution in [3.8, 4) is 0 Å². The smallest absolute Gasteiger partial charge is 0.0537 e. The zero-order valence-electron chi connectivity index (χ0n) is 10.2. The van der Waals surface area contributed by atoms with E-state index in [1.807, 2.05) is 19.4 Å².